The highest BCUT2D eigenvalue weighted by Gasteiger charge is 2.20. The summed E-state index contributed by atoms with van der Waals surface area (Å²) in [5.74, 6) is -0.178. The molecule has 0 saturated carbocycles. The predicted octanol–water partition coefficient (Wildman–Crippen LogP) is 1.26. The van der Waals surface area contributed by atoms with Crippen molar-refractivity contribution < 1.29 is 4.79 Å². The number of halogens is 1. The Morgan fingerprint density at radius 2 is 2.33 bits per heavy atom. The average molecular weight is 269 g/mol. The number of aryl methyl sites for hydroxylation is 1. The lowest BCUT2D eigenvalue weighted by Gasteiger charge is -2.30. The number of likely N-dealkylation sites (N-methyl/N-ethyl adjacent to an activating group) is 1. The van der Waals surface area contributed by atoms with Gasteiger partial charge < -0.3 is 10.2 Å². The fourth-order valence-corrected chi connectivity index (χ4v) is 2.42. The maximum Gasteiger partial charge on any atom is 0.270 e. The first kappa shape index (κ1) is 13.2. The molecule has 1 unspecified atom stereocenters. The van der Waals surface area contributed by atoms with Gasteiger partial charge in [0.25, 0.3) is 5.91 Å². The molecule has 98 valence electrons. The van der Waals surface area contributed by atoms with Crippen LogP contribution in [0, 0.1) is 6.92 Å². The first-order valence-electron chi connectivity index (χ1n) is 6.05. The molecule has 2 rings (SSSR count). The van der Waals surface area contributed by atoms with Gasteiger partial charge in [0.1, 0.15) is 5.69 Å². The van der Waals surface area contributed by atoms with Crippen molar-refractivity contribution in [1.82, 2.24) is 20.2 Å². The van der Waals surface area contributed by atoms with Crippen molar-refractivity contribution in [2.45, 2.75) is 25.8 Å². The molecule has 0 spiro atoms. The summed E-state index contributed by atoms with van der Waals surface area (Å²) in [5.41, 5.74) is 1.03. The number of hydrogen-bond donors (Lipinski definition) is 1. The molecule has 1 aliphatic rings. The highest BCUT2D eigenvalue weighted by Crippen LogP contribution is 2.10. The van der Waals surface area contributed by atoms with Crippen LogP contribution in [0.5, 0.6) is 0 Å². The average Bonchev–Trinajstić information content (AvgIpc) is 2.27. The second-order valence-corrected chi connectivity index (χ2v) is 5.08. The number of carbonyl (C=O) groups is 1. The second-order valence-electron chi connectivity index (χ2n) is 4.74. The first-order chi connectivity index (χ1) is 8.54. The van der Waals surface area contributed by atoms with E-state index in [1.165, 1.54) is 0 Å². The molecule has 2 heterocycles. The summed E-state index contributed by atoms with van der Waals surface area (Å²) in [5, 5.41) is 3.10. The topological polar surface area (TPSA) is 58.1 Å². The van der Waals surface area contributed by atoms with Gasteiger partial charge in [0.15, 0.2) is 0 Å². The Morgan fingerprint density at radius 3 is 3.00 bits per heavy atom. The molecule has 1 amide bonds. The molecule has 1 aliphatic heterocycles. The molecule has 0 bridgehead atoms. The molecule has 1 fully saturated rings. The van der Waals surface area contributed by atoms with Gasteiger partial charge in [-0.1, -0.05) is 0 Å². The number of carbonyl (C=O) groups excluding carboxylic acids is 1. The number of nitrogens with one attached hydrogen (secondary N) is 1. The largest absolute Gasteiger partial charge is 0.347 e. The van der Waals surface area contributed by atoms with Gasteiger partial charge in [-0.05, 0) is 51.0 Å². The number of aromatic nitrogens is 2. The zero-order valence-corrected chi connectivity index (χ0v) is 11.4. The highest BCUT2D eigenvalue weighted by molar-refractivity contribution is 6.28. The van der Waals surface area contributed by atoms with Crippen LogP contribution >= 0.6 is 11.6 Å². The van der Waals surface area contributed by atoms with E-state index in [4.69, 9.17) is 11.6 Å². The van der Waals surface area contributed by atoms with Gasteiger partial charge in [-0.15, -0.1) is 0 Å². The summed E-state index contributed by atoms with van der Waals surface area (Å²) in [6, 6.07) is 1.83. The molecule has 1 atom stereocenters. The van der Waals surface area contributed by atoms with Gasteiger partial charge in [0, 0.05) is 18.3 Å². The quantitative estimate of drug-likeness (QED) is 0.821. The van der Waals surface area contributed by atoms with Crippen LogP contribution in [0.15, 0.2) is 6.07 Å². The smallest absolute Gasteiger partial charge is 0.270 e. The van der Waals surface area contributed by atoms with E-state index >= 15 is 0 Å². The van der Waals surface area contributed by atoms with Gasteiger partial charge in [0.05, 0.1) is 0 Å². The normalized spacial score (nSPS) is 20.7. The van der Waals surface area contributed by atoms with Crippen molar-refractivity contribution in [3.8, 4) is 0 Å². The molecule has 5 nitrogen and oxygen atoms in total. The Balaban J connectivity index is 2.02. The number of rotatable bonds is 2. The molecule has 0 aliphatic carbocycles. The maximum atomic E-state index is 12.0. The maximum absolute atomic E-state index is 12.0. The minimum Gasteiger partial charge on any atom is -0.347 e. The Morgan fingerprint density at radius 1 is 1.56 bits per heavy atom. The van der Waals surface area contributed by atoms with Crippen LogP contribution in [0.4, 0.5) is 0 Å². The predicted molar refractivity (Wildman–Crippen MR) is 69.8 cm³/mol. The minimum atomic E-state index is -0.178. The molecule has 1 saturated heterocycles. The van der Waals surface area contributed by atoms with Gasteiger partial charge in [0.2, 0.25) is 5.28 Å². The Bertz CT molecular complexity index is 431. The number of piperidine rings is 1. The van der Waals surface area contributed by atoms with Crippen LogP contribution in [0.25, 0.3) is 0 Å². The molecular formula is C12H17ClN4O. The van der Waals surface area contributed by atoms with E-state index in [0.29, 0.717) is 11.4 Å². The SMILES string of the molecule is Cc1cc(C(=O)NC2CCCN(C)C2)nc(Cl)n1. The number of hydrogen-bond acceptors (Lipinski definition) is 4. The molecule has 1 aromatic heterocycles. The molecule has 0 radical (unpaired) electrons. The Hall–Kier alpha value is -1.20. The molecule has 18 heavy (non-hydrogen) atoms. The molecule has 0 aromatic carbocycles. The van der Waals surface area contributed by atoms with E-state index in [0.717, 1.165) is 25.9 Å². The van der Waals surface area contributed by atoms with E-state index in [9.17, 15) is 4.79 Å². The fourth-order valence-electron chi connectivity index (χ4n) is 2.19. The summed E-state index contributed by atoms with van der Waals surface area (Å²) >= 11 is 5.75. The van der Waals surface area contributed by atoms with E-state index in [2.05, 4.69) is 27.2 Å². The number of likely N-dealkylation sites (tertiary alicyclic amines) is 1. The van der Waals surface area contributed by atoms with Gasteiger partial charge >= 0.3 is 0 Å². The second kappa shape index (κ2) is 5.63. The first-order valence-corrected chi connectivity index (χ1v) is 6.43. The van der Waals surface area contributed by atoms with Crippen molar-refractivity contribution in [2.24, 2.45) is 0 Å². The van der Waals surface area contributed by atoms with Crippen LogP contribution in [0.1, 0.15) is 29.0 Å². The zero-order chi connectivity index (χ0) is 13.1. The van der Waals surface area contributed by atoms with Crippen molar-refractivity contribution in [3.05, 3.63) is 22.7 Å². The standard InChI is InChI=1S/C12H17ClN4O/c1-8-6-10(16-12(13)14-8)11(18)15-9-4-3-5-17(2)7-9/h6,9H,3-5,7H2,1-2H3,(H,15,18). The Kier molecular flexibility index (Phi) is 4.14. The molecule has 1 N–H and O–H groups in total. The van der Waals surface area contributed by atoms with Gasteiger partial charge in [-0.2, -0.15) is 0 Å². The monoisotopic (exact) mass is 268 g/mol. The third-order valence-electron chi connectivity index (χ3n) is 3.02. The van der Waals surface area contributed by atoms with Crippen molar-refractivity contribution in [1.29, 1.82) is 0 Å². The van der Waals surface area contributed by atoms with Crippen LogP contribution in [0.3, 0.4) is 0 Å². The molecular weight excluding hydrogens is 252 g/mol. The summed E-state index contributed by atoms with van der Waals surface area (Å²) < 4.78 is 0. The fraction of sp³-hybridized carbons (Fsp3) is 0.583. The van der Waals surface area contributed by atoms with Crippen LogP contribution < -0.4 is 5.32 Å². The lowest BCUT2D eigenvalue weighted by molar-refractivity contribution is 0.0907. The summed E-state index contributed by atoms with van der Waals surface area (Å²) in [6.07, 6.45) is 2.11. The molecule has 1 aromatic rings. The van der Waals surface area contributed by atoms with Gasteiger partial charge in [-0.3, -0.25) is 4.79 Å². The lowest BCUT2D eigenvalue weighted by atomic mass is 10.1. The van der Waals surface area contributed by atoms with Crippen molar-refractivity contribution in [3.63, 3.8) is 0 Å². The minimum absolute atomic E-state index is 0.112. The highest BCUT2D eigenvalue weighted by atomic mass is 35.5. The summed E-state index contributed by atoms with van der Waals surface area (Å²) in [7, 11) is 2.06. The van der Waals surface area contributed by atoms with Crippen LogP contribution in [-0.4, -0.2) is 47.0 Å². The molecule has 6 heteroatoms. The van der Waals surface area contributed by atoms with Gasteiger partial charge in [-0.25, -0.2) is 9.97 Å². The van der Waals surface area contributed by atoms with E-state index < -0.39 is 0 Å². The van der Waals surface area contributed by atoms with Crippen molar-refractivity contribution >= 4 is 17.5 Å². The van der Waals surface area contributed by atoms with Crippen molar-refractivity contribution in [2.75, 3.05) is 20.1 Å². The lowest BCUT2D eigenvalue weighted by Crippen LogP contribution is -2.46. The van der Waals surface area contributed by atoms with E-state index in [1.54, 1.807) is 13.0 Å². The summed E-state index contributed by atoms with van der Waals surface area (Å²) in [6.45, 7) is 3.76. The van der Waals surface area contributed by atoms with Crippen LogP contribution in [0.2, 0.25) is 5.28 Å². The number of amides is 1. The third kappa shape index (κ3) is 3.40. The third-order valence-corrected chi connectivity index (χ3v) is 3.19. The van der Waals surface area contributed by atoms with E-state index in [1.807, 2.05) is 0 Å². The number of nitrogens with zero attached hydrogens (tertiary/aromatic N) is 3. The zero-order valence-electron chi connectivity index (χ0n) is 10.6. The Labute approximate surface area is 112 Å². The van der Waals surface area contributed by atoms with E-state index in [-0.39, 0.29) is 17.2 Å². The van der Waals surface area contributed by atoms with Crippen LogP contribution in [-0.2, 0) is 0 Å². The summed E-state index contributed by atoms with van der Waals surface area (Å²) in [4.78, 5) is 22.1.